The van der Waals surface area contributed by atoms with Gasteiger partial charge in [0.15, 0.2) is 11.1 Å². The Morgan fingerprint density at radius 1 is 0.867 bits per heavy atom. The van der Waals surface area contributed by atoms with E-state index in [1.165, 1.54) is 0 Å². The van der Waals surface area contributed by atoms with Gasteiger partial charge < -0.3 is 0 Å². The molecule has 30 heavy (non-hydrogen) atoms. The van der Waals surface area contributed by atoms with E-state index in [-0.39, 0.29) is 11.9 Å². The number of rotatable bonds is 5. The number of hydrogen-bond donors (Lipinski definition) is 1. The summed E-state index contributed by atoms with van der Waals surface area (Å²) in [5.74, 6) is 0.804. The third-order valence-corrected chi connectivity index (χ3v) is 6.06. The van der Waals surface area contributed by atoms with Gasteiger partial charge in [-0.3, -0.25) is 5.32 Å². The van der Waals surface area contributed by atoms with Crippen LogP contribution in [0.3, 0.4) is 0 Å². The molecule has 4 aromatic rings. The highest BCUT2D eigenvalue weighted by Crippen LogP contribution is 2.33. The Bertz CT molecular complexity index is 1180. The molecule has 1 aromatic heterocycles. The van der Waals surface area contributed by atoms with E-state index in [0.717, 1.165) is 32.6 Å². The molecule has 0 amide bonds. The SMILES string of the molecule is O=C1C(Cc2ccccc2)Nc2c(Sc3ccccc3)nc(-c3ccccc3)c[n+]21. The molecule has 0 bridgehead atoms. The summed E-state index contributed by atoms with van der Waals surface area (Å²) in [5, 5.41) is 4.23. The molecule has 1 N–H and O–H groups in total. The first-order valence-electron chi connectivity index (χ1n) is 9.87. The molecular formula is C25H20N3OS+. The number of nitrogens with zero attached hydrogens (tertiary/aromatic N) is 2. The summed E-state index contributed by atoms with van der Waals surface area (Å²) in [7, 11) is 0. The number of anilines is 1. The molecule has 146 valence electrons. The molecular weight excluding hydrogens is 390 g/mol. The molecule has 3 aromatic carbocycles. The minimum atomic E-state index is -0.310. The van der Waals surface area contributed by atoms with Crippen molar-refractivity contribution in [2.24, 2.45) is 0 Å². The largest absolute Gasteiger partial charge is 0.359 e. The molecule has 5 heteroatoms. The number of carbonyl (C=O) groups excluding carboxylic acids is 1. The van der Waals surface area contributed by atoms with Gasteiger partial charge in [0, 0.05) is 16.9 Å². The smallest absolute Gasteiger partial charge is 0.257 e. The van der Waals surface area contributed by atoms with Crippen molar-refractivity contribution in [3.63, 3.8) is 0 Å². The van der Waals surface area contributed by atoms with Crippen LogP contribution in [-0.2, 0) is 6.42 Å². The molecule has 4 nitrogen and oxygen atoms in total. The normalized spacial score (nSPS) is 14.9. The Morgan fingerprint density at radius 3 is 2.20 bits per heavy atom. The summed E-state index contributed by atoms with van der Waals surface area (Å²) in [4.78, 5) is 19.2. The predicted octanol–water partition coefficient (Wildman–Crippen LogP) is 4.86. The Morgan fingerprint density at radius 2 is 1.50 bits per heavy atom. The lowest BCUT2D eigenvalue weighted by molar-refractivity contribution is -0.554. The van der Waals surface area contributed by atoms with Gasteiger partial charge in [0.1, 0.15) is 11.9 Å². The zero-order chi connectivity index (χ0) is 20.3. The van der Waals surface area contributed by atoms with E-state index in [2.05, 4.69) is 29.6 Å². The summed E-state index contributed by atoms with van der Waals surface area (Å²) >= 11 is 1.57. The molecule has 0 saturated carbocycles. The van der Waals surface area contributed by atoms with Crippen LogP contribution in [0.1, 0.15) is 10.4 Å². The monoisotopic (exact) mass is 410 g/mol. The van der Waals surface area contributed by atoms with Crippen LogP contribution in [0.25, 0.3) is 11.3 Å². The lowest BCUT2D eigenvalue weighted by atomic mass is 10.1. The highest BCUT2D eigenvalue weighted by Gasteiger charge is 2.41. The third-order valence-electron chi connectivity index (χ3n) is 5.07. The van der Waals surface area contributed by atoms with Gasteiger partial charge in [-0.1, -0.05) is 90.6 Å². The van der Waals surface area contributed by atoms with Crippen molar-refractivity contribution in [1.82, 2.24) is 4.98 Å². The number of fused-ring (bicyclic) bond motifs is 1. The van der Waals surface area contributed by atoms with Gasteiger partial charge in [0.2, 0.25) is 0 Å². The molecule has 0 radical (unpaired) electrons. The molecule has 0 saturated heterocycles. The number of aromatic nitrogens is 2. The Kier molecular flexibility index (Phi) is 5.03. The first kappa shape index (κ1) is 18.6. The van der Waals surface area contributed by atoms with Crippen LogP contribution in [0.4, 0.5) is 5.82 Å². The summed E-state index contributed by atoms with van der Waals surface area (Å²) in [5.41, 5.74) is 2.90. The first-order valence-corrected chi connectivity index (χ1v) is 10.7. The Balaban J connectivity index is 1.55. The van der Waals surface area contributed by atoms with Crippen LogP contribution in [0.5, 0.6) is 0 Å². The van der Waals surface area contributed by atoms with Crippen LogP contribution in [0.15, 0.2) is 107 Å². The predicted molar refractivity (Wildman–Crippen MR) is 119 cm³/mol. The van der Waals surface area contributed by atoms with E-state index in [4.69, 9.17) is 4.98 Å². The van der Waals surface area contributed by atoms with Crippen molar-refractivity contribution in [1.29, 1.82) is 0 Å². The molecule has 0 spiro atoms. The lowest BCUT2D eigenvalue weighted by Gasteiger charge is -2.06. The van der Waals surface area contributed by atoms with Crippen molar-refractivity contribution in [2.75, 3.05) is 5.32 Å². The molecule has 0 fully saturated rings. The van der Waals surface area contributed by atoms with Crippen LogP contribution in [-0.4, -0.2) is 16.9 Å². The fourth-order valence-corrected chi connectivity index (χ4v) is 4.50. The highest BCUT2D eigenvalue weighted by molar-refractivity contribution is 7.99. The summed E-state index contributed by atoms with van der Waals surface area (Å²) in [6.45, 7) is 0. The summed E-state index contributed by atoms with van der Waals surface area (Å²) in [6, 6.07) is 29.9. The number of nitrogens with one attached hydrogen (secondary N) is 1. The molecule has 0 aliphatic carbocycles. The second-order valence-electron chi connectivity index (χ2n) is 7.16. The van der Waals surface area contributed by atoms with Crippen molar-refractivity contribution in [3.8, 4) is 11.3 Å². The molecule has 2 heterocycles. The number of benzene rings is 3. The molecule has 1 atom stereocenters. The third kappa shape index (κ3) is 3.72. The van der Waals surface area contributed by atoms with E-state index < -0.39 is 0 Å². The average Bonchev–Trinajstić information content (AvgIpc) is 3.11. The molecule has 5 rings (SSSR count). The van der Waals surface area contributed by atoms with E-state index in [0.29, 0.717) is 6.42 Å². The van der Waals surface area contributed by atoms with Gasteiger partial charge in [-0.25, -0.2) is 9.78 Å². The van der Waals surface area contributed by atoms with Gasteiger partial charge in [-0.2, -0.15) is 4.57 Å². The maximum atomic E-state index is 13.3. The van der Waals surface area contributed by atoms with Crippen molar-refractivity contribution in [3.05, 3.63) is 103 Å². The zero-order valence-corrected chi connectivity index (χ0v) is 17.0. The molecule has 1 aliphatic heterocycles. The maximum Gasteiger partial charge on any atom is 0.359 e. The highest BCUT2D eigenvalue weighted by atomic mass is 32.2. The Labute approximate surface area is 179 Å². The van der Waals surface area contributed by atoms with Gasteiger partial charge in [0.25, 0.3) is 0 Å². The first-order chi connectivity index (χ1) is 14.8. The minimum absolute atomic E-state index is 0.0448. The molecule has 1 unspecified atom stereocenters. The quantitative estimate of drug-likeness (QED) is 0.477. The van der Waals surface area contributed by atoms with E-state index in [1.54, 1.807) is 16.3 Å². The second-order valence-corrected chi connectivity index (χ2v) is 8.22. The van der Waals surface area contributed by atoms with Crippen molar-refractivity contribution in [2.45, 2.75) is 22.4 Å². The standard InChI is InChI=1S/C25H19N3OS/c29-25-21(16-18-10-4-1-5-11-18)26-23-24(30-20-14-8-3-9-15-20)27-22(17-28(23)25)19-12-6-2-7-13-19/h1-15,17,21H,16H2/p+1. The second kappa shape index (κ2) is 8.13. The summed E-state index contributed by atoms with van der Waals surface area (Å²) < 4.78 is 1.73. The van der Waals surface area contributed by atoms with Gasteiger partial charge >= 0.3 is 11.7 Å². The van der Waals surface area contributed by atoms with Crippen LogP contribution in [0, 0.1) is 0 Å². The van der Waals surface area contributed by atoms with Gasteiger partial charge in [-0.05, 0) is 17.7 Å². The number of hydrogen-bond acceptors (Lipinski definition) is 4. The van der Waals surface area contributed by atoms with Crippen LogP contribution in [0.2, 0.25) is 0 Å². The summed E-state index contributed by atoms with van der Waals surface area (Å²) in [6.07, 6.45) is 2.48. The minimum Gasteiger partial charge on any atom is -0.257 e. The maximum absolute atomic E-state index is 13.3. The zero-order valence-electron chi connectivity index (χ0n) is 16.2. The van der Waals surface area contributed by atoms with Crippen molar-refractivity contribution >= 4 is 23.5 Å². The van der Waals surface area contributed by atoms with Gasteiger partial charge in [0.05, 0.1) is 0 Å². The fraction of sp³-hybridized carbons (Fsp3) is 0.0800. The topological polar surface area (TPSA) is 45.9 Å². The van der Waals surface area contributed by atoms with Crippen LogP contribution >= 0.6 is 11.8 Å². The average molecular weight is 411 g/mol. The number of carbonyl (C=O) groups is 1. The van der Waals surface area contributed by atoms with E-state index in [1.807, 2.05) is 72.9 Å². The molecule has 1 aliphatic rings. The van der Waals surface area contributed by atoms with E-state index in [9.17, 15) is 4.79 Å². The lowest BCUT2D eigenvalue weighted by Crippen LogP contribution is -2.43. The van der Waals surface area contributed by atoms with Crippen LogP contribution < -0.4 is 9.88 Å². The van der Waals surface area contributed by atoms with E-state index >= 15 is 0 Å². The van der Waals surface area contributed by atoms with Gasteiger partial charge in [-0.15, -0.1) is 0 Å². The fourth-order valence-electron chi connectivity index (χ4n) is 3.59. The van der Waals surface area contributed by atoms with Crippen molar-refractivity contribution < 1.29 is 9.36 Å². The Hall–Kier alpha value is -3.44.